The second kappa shape index (κ2) is 8.04. The number of carbonyl (C=O) groups is 1. The number of nitrogens with one attached hydrogen (secondary N) is 1. The van der Waals surface area contributed by atoms with Gasteiger partial charge in [-0.05, 0) is 31.0 Å². The molecule has 2 aromatic rings. The molecule has 0 atom stereocenters. The number of aromatic nitrogens is 2. The van der Waals surface area contributed by atoms with Crippen molar-refractivity contribution in [3.63, 3.8) is 0 Å². The summed E-state index contributed by atoms with van der Waals surface area (Å²) in [6.07, 6.45) is 1.61. The Morgan fingerprint density at radius 2 is 1.93 bits per heavy atom. The van der Waals surface area contributed by atoms with Crippen LogP contribution in [0.15, 0.2) is 36.8 Å². The summed E-state index contributed by atoms with van der Waals surface area (Å²) in [5.41, 5.74) is -0.0922. The second-order valence-electron chi connectivity index (χ2n) is 6.94. The number of piperidine rings is 1. The number of benzene rings is 1. The maximum Gasteiger partial charge on any atom is 0.416 e. The van der Waals surface area contributed by atoms with Crippen LogP contribution in [0.2, 0.25) is 0 Å². The van der Waals surface area contributed by atoms with E-state index in [1.807, 2.05) is 4.90 Å². The van der Waals surface area contributed by atoms with Crippen molar-refractivity contribution in [1.82, 2.24) is 9.97 Å². The molecule has 28 heavy (non-hydrogen) atoms. The lowest BCUT2D eigenvalue weighted by atomic mass is 9.95. The third-order valence-electron chi connectivity index (χ3n) is 4.80. The fraction of sp³-hybridized carbons (Fsp3) is 0.421. The minimum absolute atomic E-state index is 0.168. The lowest BCUT2D eigenvalue weighted by molar-refractivity contribution is -0.137. The van der Waals surface area contributed by atoms with Crippen LogP contribution in [-0.4, -0.2) is 43.1 Å². The Labute approximate surface area is 161 Å². The highest BCUT2D eigenvalue weighted by Gasteiger charge is 2.32. The molecule has 1 N–H and O–H groups in total. The van der Waals surface area contributed by atoms with E-state index in [0.29, 0.717) is 31.6 Å². The molecule has 150 valence electrons. The number of rotatable bonds is 4. The number of amides is 1. The fourth-order valence-electron chi connectivity index (χ4n) is 3.26. The van der Waals surface area contributed by atoms with Gasteiger partial charge in [0.25, 0.3) is 0 Å². The molecule has 1 aliphatic rings. The zero-order valence-electron chi connectivity index (χ0n) is 15.7. The number of hydrogen-bond donors (Lipinski definition) is 1. The molecule has 0 unspecified atom stereocenters. The minimum Gasteiger partial charge on any atom is -0.376 e. The van der Waals surface area contributed by atoms with Gasteiger partial charge in [-0.1, -0.05) is 0 Å². The van der Waals surface area contributed by atoms with Crippen LogP contribution in [-0.2, 0) is 11.0 Å². The van der Waals surface area contributed by atoms with Gasteiger partial charge in [0.15, 0.2) is 0 Å². The second-order valence-corrected chi connectivity index (χ2v) is 6.94. The van der Waals surface area contributed by atoms with E-state index >= 15 is 0 Å². The molecule has 1 aromatic carbocycles. The zero-order valence-corrected chi connectivity index (χ0v) is 15.7. The number of alkyl halides is 3. The van der Waals surface area contributed by atoms with Crippen LogP contribution in [0.25, 0.3) is 0 Å². The first-order valence-electron chi connectivity index (χ1n) is 8.96. The average Bonchev–Trinajstić information content (AvgIpc) is 2.68. The molecule has 1 amide bonds. The molecule has 1 aromatic heterocycles. The molecule has 0 saturated carbocycles. The van der Waals surface area contributed by atoms with Gasteiger partial charge in [0.2, 0.25) is 5.91 Å². The van der Waals surface area contributed by atoms with Gasteiger partial charge in [0.1, 0.15) is 5.82 Å². The number of nitrogens with zero attached hydrogens (tertiary/aromatic N) is 4. The lowest BCUT2D eigenvalue weighted by Gasteiger charge is -2.32. The van der Waals surface area contributed by atoms with Crippen LogP contribution >= 0.6 is 0 Å². The molecule has 0 spiro atoms. The largest absolute Gasteiger partial charge is 0.416 e. The van der Waals surface area contributed by atoms with Gasteiger partial charge in [-0.3, -0.25) is 9.78 Å². The van der Waals surface area contributed by atoms with Gasteiger partial charge >= 0.3 is 6.18 Å². The first-order chi connectivity index (χ1) is 13.3. The van der Waals surface area contributed by atoms with E-state index in [-0.39, 0.29) is 17.5 Å². The van der Waals surface area contributed by atoms with Crippen LogP contribution in [0.3, 0.4) is 0 Å². The van der Waals surface area contributed by atoms with Crippen molar-refractivity contribution in [2.45, 2.75) is 19.0 Å². The van der Waals surface area contributed by atoms with Crippen LogP contribution in [0.4, 0.5) is 30.4 Å². The van der Waals surface area contributed by atoms with Crippen molar-refractivity contribution >= 4 is 23.1 Å². The Balaban J connectivity index is 1.69. The van der Waals surface area contributed by atoms with E-state index in [4.69, 9.17) is 0 Å². The summed E-state index contributed by atoms with van der Waals surface area (Å²) < 4.78 is 39.2. The zero-order chi connectivity index (χ0) is 20.3. The minimum atomic E-state index is -4.47. The van der Waals surface area contributed by atoms with Crippen molar-refractivity contribution in [2.24, 2.45) is 5.92 Å². The molecule has 0 bridgehead atoms. The number of carbonyl (C=O) groups excluding carboxylic acids is 1. The van der Waals surface area contributed by atoms with E-state index < -0.39 is 11.7 Å². The molecule has 0 aliphatic carbocycles. The number of anilines is 3. The van der Waals surface area contributed by atoms with Gasteiger partial charge in [-0.25, -0.2) is 4.98 Å². The highest BCUT2D eigenvalue weighted by Crippen LogP contribution is 2.35. The Bertz CT molecular complexity index is 818. The van der Waals surface area contributed by atoms with E-state index in [1.165, 1.54) is 6.07 Å². The highest BCUT2D eigenvalue weighted by atomic mass is 19.4. The lowest BCUT2D eigenvalue weighted by Crippen LogP contribution is -2.38. The van der Waals surface area contributed by atoms with E-state index in [2.05, 4.69) is 15.3 Å². The Morgan fingerprint density at radius 3 is 2.50 bits per heavy atom. The van der Waals surface area contributed by atoms with E-state index in [1.54, 1.807) is 37.6 Å². The fourth-order valence-corrected chi connectivity index (χ4v) is 3.26. The molecule has 2 heterocycles. The SMILES string of the molecule is CN(C)c1ccc(C(F)(F)F)cc1NC(=O)C1CCN(c2cnccn2)CC1. The van der Waals surface area contributed by atoms with Crippen molar-refractivity contribution in [1.29, 1.82) is 0 Å². The third kappa shape index (κ3) is 4.52. The van der Waals surface area contributed by atoms with Crippen molar-refractivity contribution in [2.75, 3.05) is 42.3 Å². The molecule has 1 fully saturated rings. The smallest absolute Gasteiger partial charge is 0.376 e. The van der Waals surface area contributed by atoms with Crippen LogP contribution in [0.1, 0.15) is 18.4 Å². The Hall–Kier alpha value is -2.84. The summed E-state index contributed by atoms with van der Waals surface area (Å²) in [5.74, 6) is 0.229. The maximum absolute atomic E-state index is 13.1. The summed E-state index contributed by atoms with van der Waals surface area (Å²) in [6, 6.07) is 3.38. The van der Waals surface area contributed by atoms with Crippen molar-refractivity contribution in [3.8, 4) is 0 Å². The number of hydrogen-bond acceptors (Lipinski definition) is 5. The molecule has 0 radical (unpaired) electrons. The summed E-state index contributed by atoms with van der Waals surface area (Å²) >= 11 is 0. The van der Waals surface area contributed by atoms with Gasteiger partial charge in [-0.2, -0.15) is 13.2 Å². The molecule has 3 rings (SSSR count). The molecule has 1 saturated heterocycles. The summed E-state index contributed by atoms with van der Waals surface area (Å²) in [7, 11) is 3.44. The topological polar surface area (TPSA) is 61.4 Å². The Morgan fingerprint density at radius 1 is 1.21 bits per heavy atom. The highest BCUT2D eigenvalue weighted by molar-refractivity contribution is 5.96. The third-order valence-corrected chi connectivity index (χ3v) is 4.80. The van der Waals surface area contributed by atoms with Gasteiger partial charge < -0.3 is 15.1 Å². The maximum atomic E-state index is 13.1. The summed E-state index contributed by atoms with van der Waals surface area (Å²) in [5, 5.41) is 2.70. The van der Waals surface area contributed by atoms with Crippen molar-refractivity contribution < 1.29 is 18.0 Å². The van der Waals surface area contributed by atoms with Crippen LogP contribution in [0.5, 0.6) is 0 Å². The van der Waals surface area contributed by atoms with Gasteiger partial charge in [0, 0.05) is 45.5 Å². The monoisotopic (exact) mass is 393 g/mol. The summed E-state index contributed by atoms with van der Waals surface area (Å²) in [6.45, 7) is 1.28. The molecular weight excluding hydrogens is 371 g/mol. The first kappa shape index (κ1) is 19.9. The average molecular weight is 393 g/mol. The molecular formula is C19H22F3N5O. The predicted molar refractivity (Wildman–Crippen MR) is 101 cm³/mol. The molecule has 6 nitrogen and oxygen atoms in total. The number of halogens is 3. The van der Waals surface area contributed by atoms with E-state index in [9.17, 15) is 18.0 Å². The quantitative estimate of drug-likeness (QED) is 0.863. The van der Waals surface area contributed by atoms with Gasteiger partial charge in [0.05, 0.1) is 23.1 Å². The molecule has 1 aliphatic heterocycles. The first-order valence-corrected chi connectivity index (χ1v) is 8.96. The Kier molecular flexibility index (Phi) is 5.71. The van der Waals surface area contributed by atoms with Crippen LogP contribution < -0.4 is 15.1 Å². The van der Waals surface area contributed by atoms with E-state index in [0.717, 1.165) is 18.0 Å². The van der Waals surface area contributed by atoms with Gasteiger partial charge in [-0.15, -0.1) is 0 Å². The molecule has 9 heteroatoms. The standard InChI is InChI=1S/C19H22F3N5O/c1-26(2)16-4-3-14(19(20,21)22)11-15(16)25-18(28)13-5-9-27(10-6-13)17-12-23-7-8-24-17/h3-4,7-8,11-13H,5-6,9-10H2,1-2H3,(H,25,28). The normalized spacial score (nSPS) is 15.4. The van der Waals surface area contributed by atoms with Crippen LogP contribution in [0, 0.1) is 5.92 Å². The van der Waals surface area contributed by atoms with Crippen molar-refractivity contribution in [3.05, 3.63) is 42.4 Å². The predicted octanol–water partition coefficient (Wildman–Crippen LogP) is 3.42. The summed E-state index contributed by atoms with van der Waals surface area (Å²) in [4.78, 5) is 24.7.